The molecule has 0 unspecified atom stereocenters. The van der Waals surface area contributed by atoms with Gasteiger partial charge in [0.15, 0.2) is 17.5 Å². The second kappa shape index (κ2) is 12.3. The minimum Gasteiger partial charge on any atom is -0.497 e. The lowest BCUT2D eigenvalue weighted by molar-refractivity contribution is -0.143. The van der Waals surface area contributed by atoms with Crippen molar-refractivity contribution in [2.75, 3.05) is 26.7 Å². The summed E-state index contributed by atoms with van der Waals surface area (Å²) in [4.78, 5) is 19.4. The zero-order valence-corrected chi connectivity index (χ0v) is 22.1. The Balaban J connectivity index is 1.39. The predicted molar refractivity (Wildman–Crippen MR) is 140 cm³/mol. The molecule has 210 valence electrons. The number of hydrogen-bond acceptors (Lipinski definition) is 6. The number of aryl methyl sites for hydroxylation is 2. The summed E-state index contributed by atoms with van der Waals surface area (Å²) >= 11 is 0. The van der Waals surface area contributed by atoms with Gasteiger partial charge in [-0.25, -0.2) is 18.7 Å². The standard InChI is InChI=1S/C29H34F3N3O4/c1-18-17-33-24-6-5-20(39-2)16-21(24)26(18)25(36)7-8-29(28(37)34-38)9-12-35(13-10-29)11-3-4-19-14-22(30)27(32)23(31)15-19/h5-6,14-17,25,36,38H,3-4,7-13H2,1-2H3,(H,34,37)/t25-/m1/s1. The number of hydroxylamine groups is 1. The number of likely N-dealkylation sites (tertiary alicyclic amines) is 1. The minimum absolute atomic E-state index is 0.312. The largest absolute Gasteiger partial charge is 0.497 e. The summed E-state index contributed by atoms with van der Waals surface area (Å²) in [5.41, 5.74) is 3.68. The first-order valence-electron chi connectivity index (χ1n) is 13.1. The van der Waals surface area contributed by atoms with Gasteiger partial charge in [-0.3, -0.25) is 15.0 Å². The topological polar surface area (TPSA) is 94.9 Å². The average Bonchev–Trinajstić information content (AvgIpc) is 2.94. The molecule has 1 aliphatic rings. The zero-order valence-electron chi connectivity index (χ0n) is 22.1. The molecular formula is C29H34F3N3O4. The number of halogens is 3. The highest BCUT2D eigenvalue weighted by molar-refractivity contribution is 5.85. The molecule has 4 rings (SSSR count). The van der Waals surface area contributed by atoms with Crippen LogP contribution in [0, 0.1) is 29.8 Å². The molecule has 1 saturated heterocycles. The van der Waals surface area contributed by atoms with Crippen LogP contribution < -0.4 is 10.2 Å². The number of benzene rings is 2. The van der Waals surface area contributed by atoms with E-state index >= 15 is 0 Å². The molecular weight excluding hydrogens is 511 g/mol. The summed E-state index contributed by atoms with van der Waals surface area (Å²) < 4.78 is 45.5. The maximum Gasteiger partial charge on any atom is 0.249 e. The number of piperidine rings is 1. The molecule has 2 heterocycles. The molecule has 1 aromatic heterocycles. The summed E-state index contributed by atoms with van der Waals surface area (Å²) in [7, 11) is 1.58. The third kappa shape index (κ3) is 6.34. The second-order valence-electron chi connectivity index (χ2n) is 10.3. The molecule has 10 heteroatoms. The number of hydrogen-bond donors (Lipinski definition) is 3. The number of ether oxygens (including phenoxy) is 1. The number of aliphatic hydroxyl groups excluding tert-OH is 1. The van der Waals surface area contributed by atoms with Crippen molar-refractivity contribution in [1.82, 2.24) is 15.4 Å². The monoisotopic (exact) mass is 545 g/mol. The van der Waals surface area contributed by atoms with Crippen molar-refractivity contribution < 1.29 is 33.0 Å². The van der Waals surface area contributed by atoms with E-state index in [0.717, 1.165) is 34.2 Å². The van der Waals surface area contributed by atoms with Gasteiger partial charge in [-0.2, -0.15) is 0 Å². The highest BCUT2D eigenvalue weighted by atomic mass is 19.2. The van der Waals surface area contributed by atoms with Gasteiger partial charge in [0.05, 0.1) is 24.1 Å². The van der Waals surface area contributed by atoms with Crippen LogP contribution in [0.4, 0.5) is 13.2 Å². The Morgan fingerprint density at radius 2 is 1.87 bits per heavy atom. The van der Waals surface area contributed by atoms with Crippen LogP contribution in [0.5, 0.6) is 5.75 Å². The number of carbonyl (C=O) groups is 1. The summed E-state index contributed by atoms with van der Waals surface area (Å²) in [6.07, 6.45) is 3.52. The third-order valence-corrected chi connectivity index (χ3v) is 7.93. The predicted octanol–water partition coefficient (Wildman–Crippen LogP) is 5.00. The molecule has 0 radical (unpaired) electrons. The van der Waals surface area contributed by atoms with Gasteiger partial charge in [-0.05, 0) is 112 Å². The number of rotatable bonds is 10. The van der Waals surface area contributed by atoms with E-state index in [-0.39, 0.29) is 0 Å². The Labute approximate surface area is 225 Å². The molecule has 0 saturated carbocycles. The van der Waals surface area contributed by atoms with Crippen molar-refractivity contribution in [2.24, 2.45) is 5.41 Å². The summed E-state index contributed by atoms with van der Waals surface area (Å²) in [5, 5.41) is 21.5. The molecule has 0 bridgehead atoms. The minimum atomic E-state index is -1.47. The highest BCUT2D eigenvalue weighted by Gasteiger charge is 2.41. The number of methoxy groups -OCH3 is 1. The van der Waals surface area contributed by atoms with Crippen LogP contribution in [0.1, 0.15) is 54.9 Å². The Kier molecular flexibility index (Phi) is 9.09. The Morgan fingerprint density at radius 3 is 2.51 bits per heavy atom. The van der Waals surface area contributed by atoms with Crippen molar-refractivity contribution in [2.45, 2.75) is 51.6 Å². The normalized spacial score (nSPS) is 16.3. The quantitative estimate of drug-likeness (QED) is 0.189. The van der Waals surface area contributed by atoms with Gasteiger partial charge in [0.2, 0.25) is 5.91 Å². The molecule has 0 spiro atoms. The molecule has 0 aliphatic carbocycles. The van der Waals surface area contributed by atoms with E-state index in [2.05, 4.69) is 9.88 Å². The first-order valence-corrected chi connectivity index (χ1v) is 13.1. The SMILES string of the molecule is COc1ccc2ncc(C)c([C@H](O)CCC3(C(=O)NO)CCN(CCCc4cc(F)c(F)c(F)c4)CC3)c2c1. The zero-order chi connectivity index (χ0) is 28.2. The fourth-order valence-electron chi connectivity index (χ4n) is 5.59. The number of nitrogens with zero attached hydrogens (tertiary/aromatic N) is 2. The van der Waals surface area contributed by atoms with Crippen molar-refractivity contribution in [3.05, 3.63) is 70.7 Å². The molecule has 1 atom stereocenters. The van der Waals surface area contributed by atoms with E-state index in [0.29, 0.717) is 69.5 Å². The van der Waals surface area contributed by atoms with E-state index in [1.807, 2.05) is 30.6 Å². The molecule has 39 heavy (non-hydrogen) atoms. The number of fused-ring (bicyclic) bond motifs is 1. The maximum absolute atomic E-state index is 13.5. The van der Waals surface area contributed by atoms with E-state index < -0.39 is 34.9 Å². The van der Waals surface area contributed by atoms with E-state index in [1.165, 1.54) is 0 Å². The molecule has 3 N–H and O–H groups in total. The molecule has 1 aliphatic heterocycles. The summed E-state index contributed by atoms with van der Waals surface area (Å²) in [6, 6.07) is 7.52. The molecule has 1 fully saturated rings. The van der Waals surface area contributed by atoms with Gasteiger partial charge >= 0.3 is 0 Å². The Bertz CT molecular complexity index is 1310. The van der Waals surface area contributed by atoms with Gasteiger partial charge in [0.25, 0.3) is 0 Å². The van der Waals surface area contributed by atoms with Crippen LogP contribution in [-0.2, 0) is 11.2 Å². The van der Waals surface area contributed by atoms with E-state index in [1.54, 1.807) is 13.3 Å². The van der Waals surface area contributed by atoms with Crippen LogP contribution in [-0.4, -0.2) is 52.8 Å². The van der Waals surface area contributed by atoms with Crippen molar-refractivity contribution >= 4 is 16.8 Å². The Hall–Kier alpha value is -3.21. The van der Waals surface area contributed by atoms with Crippen LogP contribution in [0.25, 0.3) is 10.9 Å². The second-order valence-corrected chi connectivity index (χ2v) is 10.3. The lowest BCUT2D eigenvalue weighted by Gasteiger charge is -2.40. The van der Waals surface area contributed by atoms with Crippen molar-refractivity contribution in [1.29, 1.82) is 0 Å². The van der Waals surface area contributed by atoms with Crippen LogP contribution in [0.2, 0.25) is 0 Å². The van der Waals surface area contributed by atoms with Gasteiger partial charge in [0.1, 0.15) is 5.75 Å². The first kappa shape index (κ1) is 28.8. The third-order valence-electron chi connectivity index (χ3n) is 7.93. The summed E-state index contributed by atoms with van der Waals surface area (Å²) in [6.45, 7) is 3.70. The average molecular weight is 546 g/mol. The number of nitrogens with one attached hydrogen (secondary N) is 1. The lowest BCUT2D eigenvalue weighted by atomic mass is 9.73. The summed E-state index contributed by atoms with van der Waals surface area (Å²) in [5.74, 6) is -3.67. The maximum atomic E-state index is 13.5. The van der Waals surface area contributed by atoms with Crippen molar-refractivity contribution in [3.63, 3.8) is 0 Å². The van der Waals surface area contributed by atoms with Gasteiger partial charge in [-0.1, -0.05) is 0 Å². The van der Waals surface area contributed by atoms with Gasteiger partial charge in [-0.15, -0.1) is 0 Å². The first-order chi connectivity index (χ1) is 18.7. The van der Waals surface area contributed by atoms with Crippen molar-refractivity contribution in [3.8, 4) is 5.75 Å². The van der Waals surface area contributed by atoms with E-state index in [9.17, 15) is 28.3 Å². The fraction of sp³-hybridized carbons (Fsp3) is 0.448. The Morgan fingerprint density at radius 1 is 1.18 bits per heavy atom. The molecule has 1 amide bonds. The molecule has 2 aromatic carbocycles. The fourth-order valence-corrected chi connectivity index (χ4v) is 5.59. The van der Waals surface area contributed by atoms with E-state index in [4.69, 9.17) is 4.74 Å². The van der Waals surface area contributed by atoms with Crippen LogP contribution in [0.3, 0.4) is 0 Å². The number of aliphatic hydroxyl groups is 1. The highest BCUT2D eigenvalue weighted by Crippen LogP contribution is 2.40. The number of pyridine rings is 1. The smallest absolute Gasteiger partial charge is 0.249 e. The molecule has 3 aromatic rings. The van der Waals surface area contributed by atoms with Gasteiger partial charge < -0.3 is 14.7 Å². The van der Waals surface area contributed by atoms with Crippen LogP contribution in [0.15, 0.2) is 36.5 Å². The number of amides is 1. The lowest BCUT2D eigenvalue weighted by Crippen LogP contribution is -2.48. The van der Waals surface area contributed by atoms with Gasteiger partial charge in [0, 0.05) is 11.6 Å². The number of carbonyl (C=O) groups excluding carboxylic acids is 1. The number of aromatic nitrogens is 1. The molecule has 7 nitrogen and oxygen atoms in total. The van der Waals surface area contributed by atoms with Crippen LogP contribution >= 0.6 is 0 Å².